The van der Waals surface area contributed by atoms with Crippen LogP contribution in [0.1, 0.15) is 13.3 Å². The molecule has 2 aromatic rings. The first kappa shape index (κ1) is 11.2. The van der Waals surface area contributed by atoms with E-state index in [2.05, 4.69) is 15.3 Å². The molecule has 5 heteroatoms. The molecule has 0 saturated carbocycles. The Kier molecular flexibility index (Phi) is 2.76. The number of amides is 1. The van der Waals surface area contributed by atoms with Gasteiger partial charge in [0.05, 0.1) is 23.1 Å². The number of ether oxygens (including phenoxy) is 1. The number of imidazole rings is 1. The molecule has 0 bridgehead atoms. The Balaban J connectivity index is 1.77. The van der Waals surface area contributed by atoms with E-state index in [0.29, 0.717) is 12.6 Å². The molecule has 2 heterocycles. The molecule has 18 heavy (non-hydrogen) atoms. The fraction of sp³-hybridized carbons (Fsp3) is 0.385. The maximum absolute atomic E-state index is 12.1. The first-order valence-electron chi connectivity index (χ1n) is 6.11. The van der Waals surface area contributed by atoms with Crippen molar-refractivity contribution in [3.05, 3.63) is 24.3 Å². The Morgan fingerprint density at radius 1 is 1.50 bits per heavy atom. The highest BCUT2D eigenvalue weighted by atomic mass is 16.5. The molecule has 5 nitrogen and oxygen atoms in total. The van der Waals surface area contributed by atoms with Crippen molar-refractivity contribution in [2.24, 2.45) is 5.92 Å². The lowest BCUT2D eigenvalue weighted by Gasteiger charge is -2.12. The van der Waals surface area contributed by atoms with E-state index < -0.39 is 0 Å². The largest absolute Gasteiger partial charge is 0.378 e. The van der Waals surface area contributed by atoms with Crippen molar-refractivity contribution in [1.29, 1.82) is 0 Å². The van der Waals surface area contributed by atoms with Crippen LogP contribution in [0.15, 0.2) is 24.3 Å². The van der Waals surface area contributed by atoms with Crippen LogP contribution in [0.25, 0.3) is 11.0 Å². The van der Waals surface area contributed by atoms with Gasteiger partial charge in [0, 0.05) is 6.61 Å². The molecule has 1 aromatic carbocycles. The number of rotatable bonds is 2. The zero-order valence-corrected chi connectivity index (χ0v) is 10.1. The number of hydrogen-bond donors (Lipinski definition) is 2. The van der Waals surface area contributed by atoms with Crippen LogP contribution < -0.4 is 5.32 Å². The molecule has 1 amide bonds. The number of H-pyrrole nitrogens is 1. The van der Waals surface area contributed by atoms with Gasteiger partial charge >= 0.3 is 0 Å². The summed E-state index contributed by atoms with van der Waals surface area (Å²) in [5, 5.41) is 2.82. The molecular weight excluding hydrogens is 230 g/mol. The first-order chi connectivity index (χ1) is 8.74. The number of nitrogens with zero attached hydrogens (tertiary/aromatic N) is 1. The van der Waals surface area contributed by atoms with Crippen LogP contribution in [0.3, 0.4) is 0 Å². The molecule has 2 N–H and O–H groups in total. The quantitative estimate of drug-likeness (QED) is 0.849. The van der Waals surface area contributed by atoms with Crippen molar-refractivity contribution in [3.63, 3.8) is 0 Å². The lowest BCUT2D eigenvalue weighted by molar-refractivity contribution is -0.121. The normalized spacial score (nSPS) is 23.4. The van der Waals surface area contributed by atoms with Crippen LogP contribution in [0.4, 0.5) is 5.95 Å². The van der Waals surface area contributed by atoms with Crippen molar-refractivity contribution in [1.82, 2.24) is 9.97 Å². The van der Waals surface area contributed by atoms with Crippen LogP contribution in [0, 0.1) is 5.92 Å². The van der Waals surface area contributed by atoms with E-state index in [1.807, 2.05) is 31.2 Å². The lowest BCUT2D eigenvalue weighted by Crippen LogP contribution is -2.28. The van der Waals surface area contributed by atoms with Crippen LogP contribution in [-0.4, -0.2) is 28.6 Å². The molecule has 0 spiro atoms. The lowest BCUT2D eigenvalue weighted by atomic mass is 10.0. The highest BCUT2D eigenvalue weighted by Crippen LogP contribution is 2.22. The molecule has 1 aromatic heterocycles. The standard InChI is InChI=1S/C13H15N3O2/c1-8-9(6-7-18-8)12(17)16-13-14-10-4-2-3-5-11(10)15-13/h2-5,8-9H,6-7H2,1H3,(H2,14,15,16,17). The van der Waals surface area contributed by atoms with E-state index in [1.54, 1.807) is 0 Å². The van der Waals surface area contributed by atoms with Gasteiger partial charge in [0.2, 0.25) is 11.9 Å². The summed E-state index contributed by atoms with van der Waals surface area (Å²) >= 11 is 0. The van der Waals surface area contributed by atoms with Crippen molar-refractivity contribution in [2.75, 3.05) is 11.9 Å². The third-order valence-corrected chi connectivity index (χ3v) is 3.34. The Morgan fingerprint density at radius 3 is 3.06 bits per heavy atom. The van der Waals surface area contributed by atoms with Crippen LogP contribution in [0.5, 0.6) is 0 Å². The maximum Gasteiger partial charge on any atom is 0.232 e. The number of nitrogens with one attached hydrogen (secondary N) is 2. The van der Waals surface area contributed by atoms with E-state index in [9.17, 15) is 4.79 Å². The number of anilines is 1. The van der Waals surface area contributed by atoms with Gasteiger partial charge in [-0.3, -0.25) is 10.1 Å². The van der Waals surface area contributed by atoms with Gasteiger partial charge < -0.3 is 9.72 Å². The zero-order chi connectivity index (χ0) is 12.5. The number of carbonyl (C=O) groups is 1. The van der Waals surface area contributed by atoms with Crippen molar-refractivity contribution in [2.45, 2.75) is 19.4 Å². The number of benzene rings is 1. The van der Waals surface area contributed by atoms with Crippen molar-refractivity contribution >= 4 is 22.9 Å². The predicted octanol–water partition coefficient (Wildman–Crippen LogP) is 1.93. The van der Waals surface area contributed by atoms with Gasteiger partial charge in [0.25, 0.3) is 0 Å². The molecule has 1 aliphatic heterocycles. The Morgan fingerprint density at radius 2 is 2.33 bits per heavy atom. The highest BCUT2D eigenvalue weighted by molar-refractivity contribution is 5.93. The fourth-order valence-corrected chi connectivity index (χ4v) is 2.30. The smallest absolute Gasteiger partial charge is 0.232 e. The van der Waals surface area contributed by atoms with Gasteiger partial charge in [0.1, 0.15) is 0 Å². The Labute approximate surface area is 105 Å². The average Bonchev–Trinajstić information content (AvgIpc) is 2.94. The third kappa shape index (κ3) is 1.97. The summed E-state index contributed by atoms with van der Waals surface area (Å²) in [4.78, 5) is 19.5. The number of para-hydroxylation sites is 2. The van der Waals surface area contributed by atoms with E-state index in [1.165, 1.54) is 0 Å². The second-order valence-electron chi connectivity index (χ2n) is 4.56. The summed E-state index contributed by atoms with van der Waals surface area (Å²) in [7, 11) is 0. The third-order valence-electron chi connectivity index (χ3n) is 3.34. The topological polar surface area (TPSA) is 67.0 Å². The van der Waals surface area contributed by atoms with Crippen molar-refractivity contribution < 1.29 is 9.53 Å². The average molecular weight is 245 g/mol. The van der Waals surface area contributed by atoms with Crippen molar-refractivity contribution in [3.8, 4) is 0 Å². The number of carbonyl (C=O) groups excluding carboxylic acids is 1. The minimum Gasteiger partial charge on any atom is -0.378 e. The Bertz CT molecular complexity index is 545. The van der Waals surface area contributed by atoms with E-state index in [-0.39, 0.29) is 17.9 Å². The van der Waals surface area contributed by atoms with E-state index in [4.69, 9.17) is 4.74 Å². The molecule has 0 radical (unpaired) electrons. The van der Waals surface area contributed by atoms with Gasteiger partial charge in [0.15, 0.2) is 0 Å². The molecule has 2 atom stereocenters. The minimum atomic E-state index is -0.0850. The van der Waals surface area contributed by atoms with Crippen LogP contribution in [-0.2, 0) is 9.53 Å². The number of aromatic nitrogens is 2. The Hall–Kier alpha value is -1.88. The molecule has 3 rings (SSSR count). The molecule has 2 unspecified atom stereocenters. The highest BCUT2D eigenvalue weighted by Gasteiger charge is 2.31. The summed E-state index contributed by atoms with van der Waals surface area (Å²) in [6, 6.07) is 7.68. The zero-order valence-electron chi connectivity index (χ0n) is 10.1. The fourth-order valence-electron chi connectivity index (χ4n) is 2.30. The molecule has 0 aliphatic carbocycles. The SMILES string of the molecule is CC1OCCC1C(=O)Nc1nc2ccccc2[nH]1. The van der Waals surface area contributed by atoms with E-state index >= 15 is 0 Å². The summed E-state index contributed by atoms with van der Waals surface area (Å²) in [5.41, 5.74) is 1.77. The number of fused-ring (bicyclic) bond motifs is 1. The molecular formula is C13H15N3O2. The van der Waals surface area contributed by atoms with Gasteiger partial charge in [-0.05, 0) is 25.5 Å². The van der Waals surface area contributed by atoms with Gasteiger partial charge in [-0.2, -0.15) is 0 Å². The van der Waals surface area contributed by atoms with Crippen LogP contribution in [0.2, 0.25) is 0 Å². The number of aromatic amines is 1. The second-order valence-corrected chi connectivity index (χ2v) is 4.56. The van der Waals surface area contributed by atoms with Gasteiger partial charge in [-0.15, -0.1) is 0 Å². The number of hydrogen-bond acceptors (Lipinski definition) is 3. The summed E-state index contributed by atoms with van der Waals surface area (Å²) < 4.78 is 5.39. The van der Waals surface area contributed by atoms with Gasteiger partial charge in [-0.25, -0.2) is 4.98 Å². The second kappa shape index (κ2) is 4.42. The summed E-state index contributed by atoms with van der Waals surface area (Å²) in [6.45, 7) is 2.58. The summed E-state index contributed by atoms with van der Waals surface area (Å²) in [5.74, 6) is 0.387. The minimum absolute atomic E-state index is 0.0191. The molecule has 1 aliphatic rings. The first-order valence-corrected chi connectivity index (χ1v) is 6.11. The van der Waals surface area contributed by atoms with Crippen LogP contribution >= 0.6 is 0 Å². The molecule has 1 saturated heterocycles. The predicted molar refractivity (Wildman–Crippen MR) is 68.2 cm³/mol. The molecule has 94 valence electrons. The van der Waals surface area contributed by atoms with Gasteiger partial charge in [-0.1, -0.05) is 12.1 Å². The summed E-state index contributed by atoms with van der Waals surface area (Å²) in [6.07, 6.45) is 0.752. The monoisotopic (exact) mass is 245 g/mol. The maximum atomic E-state index is 12.1. The van der Waals surface area contributed by atoms with E-state index in [0.717, 1.165) is 17.5 Å². The molecule has 1 fully saturated rings.